The Morgan fingerprint density at radius 3 is 1.65 bits per heavy atom. The highest BCUT2D eigenvalue weighted by Gasteiger charge is 2.17. The van der Waals surface area contributed by atoms with Gasteiger partial charge in [-0.1, -0.05) is 152 Å². The average molecular weight is 650 g/mol. The Labute approximate surface area is 295 Å². The minimum Gasteiger partial charge on any atom is -0.456 e. The Kier molecular flexibility index (Phi) is 6.85. The Morgan fingerprint density at radius 1 is 0.314 bits per heavy atom. The SMILES string of the molecule is c1ccc(-c2cc(-c3cccc4oc5ccc(-c6ccc(-c7cc8ccccc8c8ccccc78)cc6)cc5c34)cc(-c3ccccc3)n2)cc1. The van der Waals surface area contributed by atoms with E-state index in [0.29, 0.717) is 0 Å². The molecular formula is C49H31NO. The number of furan rings is 1. The lowest BCUT2D eigenvalue weighted by molar-refractivity contribution is 0.669. The predicted molar refractivity (Wildman–Crippen MR) is 214 cm³/mol. The molecule has 2 aromatic heterocycles. The third kappa shape index (κ3) is 5.08. The summed E-state index contributed by atoms with van der Waals surface area (Å²) in [6.45, 7) is 0. The first-order chi connectivity index (χ1) is 25.3. The topological polar surface area (TPSA) is 26.0 Å². The summed E-state index contributed by atoms with van der Waals surface area (Å²) in [5.74, 6) is 0. The molecule has 0 saturated heterocycles. The maximum Gasteiger partial charge on any atom is 0.136 e. The number of nitrogens with zero attached hydrogens (tertiary/aromatic N) is 1. The summed E-state index contributed by atoms with van der Waals surface area (Å²) in [7, 11) is 0. The molecule has 0 unspecified atom stereocenters. The Morgan fingerprint density at radius 2 is 0.922 bits per heavy atom. The van der Waals surface area contributed by atoms with Crippen molar-refractivity contribution in [2.24, 2.45) is 0 Å². The Bertz CT molecular complexity index is 2830. The summed E-state index contributed by atoms with van der Waals surface area (Å²) in [6, 6.07) is 66.8. The minimum atomic E-state index is 0.873. The van der Waals surface area contributed by atoms with Gasteiger partial charge in [0.2, 0.25) is 0 Å². The number of fused-ring (bicyclic) bond motifs is 6. The van der Waals surface area contributed by atoms with Crippen molar-refractivity contribution in [3.63, 3.8) is 0 Å². The highest BCUT2D eigenvalue weighted by molar-refractivity contribution is 6.15. The van der Waals surface area contributed by atoms with E-state index in [1.54, 1.807) is 0 Å². The van der Waals surface area contributed by atoms with Gasteiger partial charge in [0.25, 0.3) is 0 Å². The van der Waals surface area contributed by atoms with Gasteiger partial charge >= 0.3 is 0 Å². The largest absolute Gasteiger partial charge is 0.456 e. The molecular weight excluding hydrogens is 619 g/mol. The highest BCUT2D eigenvalue weighted by atomic mass is 16.3. The lowest BCUT2D eigenvalue weighted by Crippen LogP contribution is -1.91. The van der Waals surface area contributed by atoms with Gasteiger partial charge < -0.3 is 4.42 Å². The minimum absolute atomic E-state index is 0.873. The van der Waals surface area contributed by atoms with Crippen LogP contribution in [0.3, 0.4) is 0 Å². The second-order valence-corrected chi connectivity index (χ2v) is 13.1. The van der Waals surface area contributed by atoms with E-state index in [4.69, 9.17) is 9.40 Å². The van der Waals surface area contributed by atoms with Gasteiger partial charge in [0.05, 0.1) is 11.4 Å². The summed E-state index contributed by atoms with van der Waals surface area (Å²) in [5, 5.41) is 7.30. The number of hydrogen-bond donors (Lipinski definition) is 0. The first-order valence-electron chi connectivity index (χ1n) is 17.4. The van der Waals surface area contributed by atoms with Crippen LogP contribution in [0.15, 0.2) is 192 Å². The summed E-state index contributed by atoms with van der Waals surface area (Å²) in [5.41, 5.74) is 12.8. The van der Waals surface area contributed by atoms with E-state index >= 15 is 0 Å². The number of rotatable bonds is 5. The van der Waals surface area contributed by atoms with E-state index < -0.39 is 0 Å². The number of pyridine rings is 1. The molecule has 0 bridgehead atoms. The van der Waals surface area contributed by atoms with Gasteiger partial charge in [0.1, 0.15) is 11.2 Å². The van der Waals surface area contributed by atoms with E-state index in [1.165, 1.54) is 38.2 Å². The molecule has 0 aliphatic rings. The van der Waals surface area contributed by atoms with E-state index in [9.17, 15) is 0 Å². The van der Waals surface area contributed by atoms with Crippen molar-refractivity contribution in [2.75, 3.05) is 0 Å². The van der Waals surface area contributed by atoms with Crippen molar-refractivity contribution in [3.05, 3.63) is 188 Å². The normalized spacial score (nSPS) is 11.5. The van der Waals surface area contributed by atoms with Crippen LogP contribution in [0.2, 0.25) is 0 Å². The molecule has 0 amide bonds. The predicted octanol–water partition coefficient (Wildman–Crippen LogP) is 13.6. The van der Waals surface area contributed by atoms with E-state index in [-0.39, 0.29) is 0 Å². The number of hydrogen-bond acceptors (Lipinski definition) is 2. The van der Waals surface area contributed by atoms with Crippen LogP contribution in [-0.4, -0.2) is 4.98 Å². The molecule has 0 spiro atoms. The van der Waals surface area contributed by atoms with Gasteiger partial charge in [-0.15, -0.1) is 0 Å². The van der Waals surface area contributed by atoms with Crippen molar-refractivity contribution >= 4 is 43.5 Å². The van der Waals surface area contributed by atoms with Gasteiger partial charge in [-0.2, -0.15) is 0 Å². The van der Waals surface area contributed by atoms with Gasteiger partial charge in [-0.3, -0.25) is 0 Å². The second-order valence-electron chi connectivity index (χ2n) is 13.1. The van der Waals surface area contributed by atoms with Crippen LogP contribution < -0.4 is 0 Å². The van der Waals surface area contributed by atoms with Crippen LogP contribution in [0.5, 0.6) is 0 Å². The van der Waals surface area contributed by atoms with Crippen molar-refractivity contribution in [1.82, 2.24) is 4.98 Å². The van der Waals surface area contributed by atoms with E-state index in [0.717, 1.165) is 61.1 Å². The van der Waals surface area contributed by atoms with Crippen LogP contribution >= 0.6 is 0 Å². The smallest absolute Gasteiger partial charge is 0.136 e. The van der Waals surface area contributed by atoms with Crippen LogP contribution in [0, 0.1) is 0 Å². The summed E-state index contributed by atoms with van der Waals surface area (Å²) < 4.78 is 6.47. The molecule has 0 atom stereocenters. The van der Waals surface area contributed by atoms with E-state index in [1.807, 2.05) is 12.1 Å². The van der Waals surface area contributed by atoms with Gasteiger partial charge in [0, 0.05) is 21.9 Å². The molecule has 10 rings (SSSR count). The zero-order valence-electron chi connectivity index (χ0n) is 27.8. The molecule has 0 aliphatic heterocycles. The lowest BCUT2D eigenvalue weighted by atomic mass is 9.92. The first kappa shape index (κ1) is 29.2. The fourth-order valence-corrected chi connectivity index (χ4v) is 7.58. The quantitative estimate of drug-likeness (QED) is 0.173. The van der Waals surface area contributed by atoms with Crippen molar-refractivity contribution < 1.29 is 4.42 Å². The summed E-state index contributed by atoms with van der Waals surface area (Å²) in [4.78, 5) is 5.12. The highest BCUT2D eigenvalue weighted by Crippen LogP contribution is 2.41. The molecule has 51 heavy (non-hydrogen) atoms. The maximum atomic E-state index is 6.47. The first-order valence-corrected chi connectivity index (χ1v) is 17.4. The molecule has 0 N–H and O–H groups in total. The Balaban J connectivity index is 1.10. The van der Waals surface area contributed by atoms with E-state index in [2.05, 4.69) is 176 Å². The molecule has 2 heteroatoms. The molecule has 10 aromatic rings. The van der Waals surface area contributed by atoms with Crippen molar-refractivity contribution in [2.45, 2.75) is 0 Å². The van der Waals surface area contributed by atoms with Crippen LogP contribution in [0.25, 0.3) is 99.4 Å². The third-order valence-corrected chi connectivity index (χ3v) is 10.1. The third-order valence-electron chi connectivity index (χ3n) is 10.1. The molecule has 2 heterocycles. The molecule has 238 valence electrons. The Hall–Kier alpha value is -6.77. The standard InChI is InChI=1S/C49H31NO/c1-3-12-34(13-4-1)45-30-38(31-46(50-45)35-14-5-2-6-15-35)40-20-11-21-48-49(40)44-28-36(26-27-47(44)51-48)32-22-24-33(25-23-32)43-29-37-16-7-8-17-39(37)41-18-9-10-19-42(41)43/h1-31H. The van der Waals surface area contributed by atoms with Crippen LogP contribution in [0.4, 0.5) is 0 Å². The summed E-state index contributed by atoms with van der Waals surface area (Å²) >= 11 is 0. The molecule has 2 nitrogen and oxygen atoms in total. The van der Waals surface area contributed by atoms with Crippen LogP contribution in [0.1, 0.15) is 0 Å². The summed E-state index contributed by atoms with van der Waals surface area (Å²) in [6.07, 6.45) is 0. The van der Waals surface area contributed by atoms with Crippen LogP contribution in [-0.2, 0) is 0 Å². The maximum absolute atomic E-state index is 6.47. The zero-order chi connectivity index (χ0) is 33.7. The molecule has 0 radical (unpaired) electrons. The number of aromatic nitrogens is 1. The molecule has 0 aliphatic carbocycles. The fourth-order valence-electron chi connectivity index (χ4n) is 7.58. The average Bonchev–Trinajstić information content (AvgIpc) is 3.59. The molecule has 0 saturated carbocycles. The molecule has 8 aromatic carbocycles. The van der Waals surface area contributed by atoms with Crippen molar-refractivity contribution in [3.8, 4) is 55.9 Å². The zero-order valence-corrected chi connectivity index (χ0v) is 27.8. The lowest BCUT2D eigenvalue weighted by Gasteiger charge is -2.12. The van der Waals surface area contributed by atoms with Gasteiger partial charge in [-0.05, 0) is 91.3 Å². The number of benzene rings is 8. The van der Waals surface area contributed by atoms with Gasteiger partial charge in [-0.25, -0.2) is 4.98 Å². The van der Waals surface area contributed by atoms with Gasteiger partial charge in [0.15, 0.2) is 0 Å². The second kappa shape index (κ2) is 12.0. The molecule has 0 fully saturated rings. The fraction of sp³-hybridized carbons (Fsp3) is 0. The van der Waals surface area contributed by atoms with Crippen molar-refractivity contribution in [1.29, 1.82) is 0 Å². The monoisotopic (exact) mass is 649 g/mol.